The zero-order chi connectivity index (χ0) is 13.5. The van der Waals surface area contributed by atoms with Gasteiger partial charge in [-0.2, -0.15) is 0 Å². The molecule has 0 radical (unpaired) electrons. The monoisotopic (exact) mass is 316 g/mol. The summed E-state index contributed by atoms with van der Waals surface area (Å²) in [6.07, 6.45) is 3.57. The van der Waals surface area contributed by atoms with Crippen molar-refractivity contribution in [1.29, 1.82) is 0 Å². The van der Waals surface area contributed by atoms with Crippen molar-refractivity contribution in [1.82, 2.24) is 9.97 Å². The van der Waals surface area contributed by atoms with E-state index >= 15 is 0 Å². The van der Waals surface area contributed by atoms with Gasteiger partial charge in [-0.1, -0.05) is 13.8 Å². The molecular formula is C12H21BrN4O. The van der Waals surface area contributed by atoms with Gasteiger partial charge >= 0.3 is 0 Å². The number of rotatable bonds is 7. The maximum atomic E-state index is 9.24. The van der Waals surface area contributed by atoms with Gasteiger partial charge in [0.25, 0.3) is 0 Å². The Morgan fingerprint density at radius 2 is 2.06 bits per heavy atom. The fourth-order valence-corrected chi connectivity index (χ4v) is 2.66. The van der Waals surface area contributed by atoms with Gasteiger partial charge in [0.1, 0.15) is 22.4 Å². The molecule has 1 heterocycles. The number of aliphatic hydroxyl groups is 1. The number of hydrogen-bond acceptors (Lipinski definition) is 5. The molecule has 0 aliphatic carbocycles. The maximum absolute atomic E-state index is 9.24. The van der Waals surface area contributed by atoms with Crippen LogP contribution < -0.4 is 10.2 Å². The molecule has 0 atom stereocenters. The summed E-state index contributed by atoms with van der Waals surface area (Å²) in [7, 11) is 1.82. The molecule has 6 heteroatoms. The minimum atomic E-state index is 0.113. The van der Waals surface area contributed by atoms with Gasteiger partial charge in [-0.3, -0.25) is 0 Å². The number of aromatic nitrogens is 2. The fourth-order valence-electron chi connectivity index (χ4n) is 2.03. The SMILES string of the molecule is CCC(CC)N(CCO)c1ncnc(NC)c1Br. The normalized spacial score (nSPS) is 10.8. The lowest BCUT2D eigenvalue weighted by Gasteiger charge is -2.31. The highest BCUT2D eigenvalue weighted by atomic mass is 79.9. The van der Waals surface area contributed by atoms with Gasteiger partial charge in [0.2, 0.25) is 0 Å². The van der Waals surface area contributed by atoms with Crippen molar-refractivity contribution in [3.8, 4) is 0 Å². The van der Waals surface area contributed by atoms with Gasteiger partial charge in [0, 0.05) is 19.6 Å². The molecule has 0 amide bonds. The van der Waals surface area contributed by atoms with E-state index in [0.717, 1.165) is 29.0 Å². The van der Waals surface area contributed by atoms with Crippen LogP contribution in [-0.2, 0) is 0 Å². The van der Waals surface area contributed by atoms with Crippen molar-refractivity contribution in [3.63, 3.8) is 0 Å². The van der Waals surface area contributed by atoms with E-state index in [-0.39, 0.29) is 6.61 Å². The number of halogens is 1. The summed E-state index contributed by atoms with van der Waals surface area (Å²) >= 11 is 3.53. The van der Waals surface area contributed by atoms with Crippen LogP contribution in [-0.4, -0.2) is 41.3 Å². The third kappa shape index (κ3) is 3.32. The number of anilines is 2. The Hall–Kier alpha value is -0.880. The molecule has 0 spiro atoms. The highest BCUT2D eigenvalue weighted by Crippen LogP contribution is 2.31. The highest BCUT2D eigenvalue weighted by molar-refractivity contribution is 9.10. The molecule has 0 unspecified atom stereocenters. The van der Waals surface area contributed by atoms with Crippen molar-refractivity contribution in [2.75, 3.05) is 30.4 Å². The first-order valence-electron chi connectivity index (χ1n) is 6.25. The van der Waals surface area contributed by atoms with E-state index in [1.165, 1.54) is 0 Å². The van der Waals surface area contributed by atoms with Crippen molar-refractivity contribution in [3.05, 3.63) is 10.8 Å². The number of aliphatic hydroxyl groups excluding tert-OH is 1. The van der Waals surface area contributed by atoms with Crippen LogP contribution in [0.2, 0.25) is 0 Å². The maximum Gasteiger partial charge on any atom is 0.148 e. The quantitative estimate of drug-likeness (QED) is 0.808. The van der Waals surface area contributed by atoms with E-state index in [1.54, 1.807) is 6.33 Å². The zero-order valence-corrected chi connectivity index (χ0v) is 12.7. The second-order valence-corrected chi connectivity index (χ2v) is 4.79. The van der Waals surface area contributed by atoms with Crippen LogP contribution in [0.15, 0.2) is 10.8 Å². The molecule has 0 aliphatic rings. The highest BCUT2D eigenvalue weighted by Gasteiger charge is 2.20. The molecule has 0 saturated heterocycles. The molecule has 0 saturated carbocycles. The Labute approximate surface area is 117 Å². The zero-order valence-electron chi connectivity index (χ0n) is 11.1. The summed E-state index contributed by atoms with van der Waals surface area (Å²) in [6, 6.07) is 0.369. The van der Waals surface area contributed by atoms with Gasteiger partial charge in [0.15, 0.2) is 0 Å². The Bertz CT molecular complexity index is 371. The minimum Gasteiger partial charge on any atom is -0.395 e. The predicted molar refractivity (Wildman–Crippen MR) is 78.1 cm³/mol. The Kier molecular flexibility index (Phi) is 6.35. The first kappa shape index (κ1) is 15.2. The molecule has 1 aromatic rings. The second kappa shape index (κ2) is 7.53. The summed E-state index contributed by atoms with van der Waals surface area (Å²) in [5.41, 5.74) is 0. The third-order valence-electron chi connectivity index (χ3n) is 3.00. The van der Waals surface area contributed by atoms with Gasteiger partial charge < -0.3 is 15.3 Å². The van der Waals surface area contributed by atoms with Gasteiger partial charge in [-0.25, -0.2) is 9.97 Å². The Morgan fingerprint density at radius 3 is 2.56 bits per heavy atom. The van der Waals surface area contributed by atoms with Crippen LogP contribution >= 0.6 is 15.9 Å². The second-order valence-electron chi connectivity index (χ2n) is 4.00. The lowest BCUT2D eigenvalue weighted by molar-refractivity contribution is 0.295. The minimum absolute atomic E-state index is 0.113. The average Bonchev–Trinajstić information content (AvgIpc) is 2.39. The topological polar surface area (TPSA) is 61.3 Å². The van der Waals surface area contributed by atoms with Crippen LogP contribution in [0.5, 0.6) is 0 Å². The first-order chi connectivity index (χ1) is 8.69. The van der Waals surface area contributed by atoms with Crippen molar-refractivity contribution in [2.45, 2.75) is 32.7 Å². The van der Waals surface area contributed by atoms with Crippen LogP contribution in [0.4, 0.5) is 11.6 Å². The van der Waals surface area contributed by atoms with E-state index in [0.29, 0.717) is 12.6 Å². The van der Waals surface area contributed by atoms with Crippen molar-refractivity contribution >= 4 is 27.6 Å². The molecule has 0 fully saturated rings. The van der Waals surface area contributed by atoms with Crippen LogP contribution in [0, 0.1) is 0 Å². The standard InChI is InChI=1S/C12H21BrN4O/c1-4-9(5-2)17(6-7-18)12-10(13)11(14-3)15-8-16-12/h8-9,18H,4-7H2,1-3H3,(H,14,15,16). The molecule has 0 aromatic carbocycles. The van der Waals surface area contributed by atoms with Crippen molar-refractivity contribution in [2.24, 2.45) is 0 Å². The molecule has 5 nitrogen and oxygen atoms in total. The van der Waals surface area contributed by atoms with Gasteiger partial charge in [-0.15, -0.1) is 0 Å². The van der Waals surface area contributed by atoms with Crippen LogP contribution in [0.1, 0.15) is 26.7 Å². The third-order valence-corrected chi connectivity index (χ3v) is 3.73. The van der Waals surface area contributed by atoms with Crippen molar-refractivity contribution < 1.29 is 5.11 Å². The van der Waals surface area contributed by atoms with E-state index in [1.807, 2.05) is 7.05 Å². The lowest BCUT2D eigenvalue weighted by Crippen LogP contribution is -2.37. The molecule has 18 heavy (non-hydrogen) atoms. The predicted octanol–water partition coefficient (Wildman–Crippen LogP) is 2.27. The van der Waals surface area contributed by atoms with Crippen LogP contribution in [0.3, 0.4) is 0 Å². The number of nitrogens with one attached hydrogen (secondary N) is 1. The summed E-state index contributed by atoms with van der Waals surface area (Å²) in [6.45, 7) is 4.98. The average molecular weight is 317 g/mol. The van der Waals surface area contributed by atoms with E-state index in [2.05, 4.69) is 50.0 Å². The molecule has 102 valence electrons. The Balaban J connectivity index is 3.12. The summed E-state index contributed by atoms with van der Waals surface area (Å²) in [4.78, 5) is 10.6. The largest absolute Gasteiger partial charge is 0.395 e. The van der Waals surface area contributed by atoms with E-state index < -0.39 is 0 Å². The first-order valence-corrected chi connectivity index (χ1v) is 7.04. The van der Waals surface area contributed by atoms with Crippen LogP contribution in [0.25, 0.3) is 0 Å². The van der Waals surface area contributed by atoms with Gasteiger partial charge in [-0.05, 0) is 28.8 Å². The molecule has 0 aliphatic heterocycles. The fraction of sp³-hybridized carbons (Fsp3) is 0.667. The summed E-state index contributed by atoms with van der Waals surface area (Å²) in [5, 5.41) is 12.3. The summed E-state index contributed by atoms with van der Waals surface area (Å²) < 4.78 is 0.841. The molecule has 0 bridgehead atoms. The Morgan fingerprint density at radius 1 is 1.39 bits per heavy atom. The lowest BCUT2D eigenvalue weighted by atomic mass is 10.1. The number of nitrogens with zero attached hydrogens (tertiary/aromatic N) is 3. The smallest absolute Gasteiger partial charge is 0.148 e. The summed E-state index contributed by atoms with van der Waals surface area (Å²) in [5.74, 6) is 1.59. The molecule has 2 N–H and O–H groups in total. The molecular weight excluding hydrogens is 296 g/mol. The van der Waals surface area contributed by atoms with E-state index in [4.69, 9.17) is 0 Å². The molecule has 1 aromatic heterocycles. The van der Waals surface area contributed by atoms with Gasteiger partial charge in [0.05, 0.1) is 6.61 Å². The molecule has 1 rings (SSSR count). The van der Waals surface area contributed by atoms with E-state index in [9.17, 15) is 5.11 Å². The number of hydrogen-bond donors (Lipinski definition) is 2.